The predicted octanol–water partition coefficient (Wildman–Crippen LogP) is 4.19. The van der Waals surface area contributed by atoms with Crippen LogP contribution in [-0.2, 0) is 0 Å². The average Bonchev–Trinajstić information content (AvgIpc) is 2.35. The predicted molar refractivity (Wildman–Crippen MR) is 62.1 cm³/mol. The lowest BCUT2D eigenvalue weighted by molar-refractivity contribution is 0.174. The molecule has 0 aromatic heterocycles. The Hall–Kier alpha value is -0.520. The van der Waals surface area contributed by atoms with Crippen molar-refractivity contribution >= 4 is 0 Å². The smallest absolute Gasteiger partial charge is 0.00381 e. The molecule has 0 nitrogen and oxygen atoms in total. The van der Waals surface area contributed by atoms with E-state index in [4.69, 9.17) is 0 Å². The van der Waals surface area contributed by atoms with Crippen LogP contribution in [0.4, 0.5) is 0 Å². The summed E-state index contributed by atoms with van der Waals surface area (Å²) in [4.78, 5) is 0. The minimum atomic E-state index is 0.362. The van der Waals surface area contributed by atoms with Gasteiger partial charge in [-0.15, -0.1) is 0 Å². The molecule has 0 saturated heterocycles. The van der Waals surface area contributed by atoms with Crippen molar-refractivity contribution in [3.05, 3.63) is 24.3 Å². The molecule has 0 heteroatoms. The number of fused-ring (bicyclic) bond motifs is 2. The summed E-state index contributed by atoms with van der Waals surface area (Å²) in [5, 5.41) is 0. The van der Waals surface area contributed by atoms with Crippen LogP contribution in [0.5, 0.6) is 0 Å². The van der Waals surface area contributed by atoms with Crippen LogP contribution >= 0.6 is 0 Å². The monoisotopic (exact) mass is 190 g/mol. The Morgan fingerprint density at radius 3 is 2.21 bits per heavy atom. The highest BCUT2D eigenvalue weighted by atomic mass is 14.7. The molecule has 3 unspecified atom stereocenters. The van der Waals surface area contributed by atoms with Gasteiger partial charge in [0.1, 0.15) is 0 Å². The summed E-state index contributed by atoms with van der Waals surface area (Å²) in [5.74, 6) is 1.38. The van der Waals surface area contributed by atoms with Gasteiger partial charge in [-0.3, -0.25) is 0 Å². The normalized spacial score (nSPS) is 44.4. The molecule has 2 fully saturated rings. The number of rotatable bonds is 1. The Morgan fingerprint density at radius 1 is 1.36 bits per heavy atom. The molecule has 2 bridgehead atoms. The Bertz CT molecular complexity index is 308. The average molecular weight is 190 g/mol. The van der Waals surface area contributed by atoms with Crippen molar-refractivity contribution in [1.82, 2.24) is 0 Å². The van der Waals surface area contributed by atoms with Gasteiger partial charge < -0.3 is 0 Å². The fraction of sp³-hybridized carbons (Fsp3) is 0.714. The molecule has 78 valence electrons. The number of allylic oxidation sites excluding steroid dienone is 2. The summed E-state index contributed by atoms with van der Waals surface area (Å²) in [7, 11) is 0. The van der Waals surface area contributed by atoms with Gasteiger partial charge in [-0.2, -0.15) is 0 Å². The molecule has 0 aliphatic heterocycles. The molecular formula is C14H22. The molecule has 0 spiro atoms. The van der Waals surface area contributed by atoms with E-state index in [0.717, 1.165) is 5.92 Å². The highest BCUT2D eigenvalue weighted by Crippen LogP contribution is 2.70. The maximum atomic E-state index is 4.35. The van der Waals surface area contributed by atoms with E-state index < -0.39 is 0 Å². The molecule has 0 amide bonds. The fourth-order valence-electron chi connectivity index (χ4n) is 3.92. The van der Waals surface area contributed by atoms with Crippen molar-refractivity contribution in [2.45, 2.75) is 40.5 Å². The maximum absolute atomic E-state index is 4.35. The first kappa shape index (κ1) is 10.0. The summed E-state index contributed by atoms with van der Waals surface area (Å²) in [6.45, 7) is 17.9. The molecule has 0 N–H and O–H groups in total. The molecule has 0 aromatic rings. The van der Waals surface area contributed by atoms with Crippen molar-refractivity contribution < 1.29 is 0 Å². The third-order valence-corrected chi connectivity index (χ3v) is 5.32. The second-order valence-corrected chi connectivity index (χ2v) is 6.05. The van der Waals surface area contributed by atoms with Gasteiger partial charge in [0.2, 0.25) is 0 Å². The maximum Gasteiger partial charge on any atom is 0.00381 e. The molecule has 3 atom stereocenters. The molecular weight excluding hydrogens is 168 g/mol. The van der Waals surface area contributed by atoms with Crippen LogP contribution in [0.3, 0.4) is 0 Å². The van der Waals surface area contributed by atoms with Gasteiger partial charge >= 0.3 is 0 Å². The van der Waals surface area contributed by atoms with Gasteiger partial charge in [-0.1, -0.05) is 45.1 Å². The minimum absolute atomic E-state index is 0.362. The molecule has 2 aliphatic carbocycles. The van der Waals surface area contributed by atoms with Gasteiger partial charge in [-0.05, 0) is 36.5 Å². The largest absolute Gasteiger partial charge is 0.0995 e. The Kier molecular flexibility index (Phi) is 1.81. The van der Waals surface area contributed by atoms with Gasteiger partial charge in [0.05, 0.1) is 0 Å². The van der Waals surface area contributed by atoms with Crippen LogP contribution in [0.15, 0.2) is 24.3 Å². The lowest BCUT2D eigenvalue weighted by Gasteiger charge is -2.35. The first-order valence-corrected chi connectivity index (χ1v) is 5.67. The van der Waals surface area contributed by atoms with Crippen LogP contribution in [0.25, 0.3) is 0 Å². The standard InChI is InChI=1S/C14H22/c1-9(2)12-10(3)14(6)8-7-11(12)13(14,4)5/h11-12H,1,3,7-8H2,2,4-6H3. The molecule has 0 radical (unpaired) electrons. The van der Waals surface area contributed by atoms with Crippen molar-refractivity contribution in [3.8, 4) is 0 Å². The summed E-state index contributed by atoms with van der Waals surface area (Å²) < 4.78 is 0. The van der Waals surface area contributed by atoms with Gasteiger partial charge in [0.15, 0.2) is 0 Å². The van der Waals surface area contributed by atoms with Crippen LogP contribution in [-0.4, -0.2) is 0 Å². The van der Waals surface area contributed by atoms with Crippen LogP contribution in [0.1, 0.15) is 40.5 Å². The highest BCUT2D eigenvalue weighted by molar-refractivity contribution is 5.35. The van der Waals surface area contributed by atoms with E-state index in [-0.39, 0.29) is 0 Å². The third kappa shape index (κ3) is 0.852. The van der Waals surface area contributed by atoms with Gasteiger partial charge in [0.25, 0.3) is 0 Å². The van der Waals surface area contributed by atoms with Crippen LogP contribution in [0.2, 0.25) is 0 Å². The molecule has 2 saturated carbocycles. The zero-order chi connectivity index (χ0) is 10.7. The Morgan fingerprint density at radius 2 is 1.93 bits per heavy atom. The van der Waals surface area contributed by atoms with E-state index in [2.05, 4.69) is 40.9 Å². The molecule has 2 aliphatic rings. The highest BCUT2D eigenvalue weighted by Gasteiger charge is 2.62. The zero-order valence-electron chi connectivity index (χ0n) is 9.98. The minimum Gasteiger partial charge on any atom is -0.0995 e. The summed E-state index contributed by atoms with van der Waals surface area (Å²) in [5.41, 5.74) is 3.55. The van der Waals surface area contributed by atoms with Crippen molar-refractivity contribution in [2.75, 3.05) is 0 Å². The van der Waals surface area contributed by atoms with E-state index in [1.54, 1.807) is 0 Å². The summed E-state index contributed by atoms with van der Waals surface area (Å²) in [6, 6.07) is 0. The third-order valence-electron chi connectivity index (χ3n) is 5.32. The molecule has 14 heavy (non-hydrogen) atoms. The van der Waals surface area contributed by atoms with Gasteiger partial charge in [0, 0.05) is 5.92 Å². The molecule has 0 heterocycles. The fourth-order valence-corrected chi connectivity index (χ4v) is 3.92. The molecule has 0 aromatic carbocycles. The van der Waals surface area contributed by atoms with Gasteiger partial charge in [-0.25, -0.2) is 0 Å². The van der Waals surface area contributed by atoms with E-state index in [9.17, 15) is 0 Å². The lowest BCUT2D eigenvalue weighted by atomic mass is 9.69. The zero-order valence-corrected chi connectivity index (χ0v) is 9.98. The van der Waals surface area contributed by atoms with Crippen molar-refractivity contribution in [1.29, 1.82) is 0 Å². The number of hydrogen-bond donors (Lipinski definition) is 0. The number of hydrogen-bond acceptors (Lipinski definition) is 0. The second-order valence-electron chi connectivity index (χ2n) is 6.05. The van der Waals surface area contributed by atoms with E-state index >= 15 is 0 Å². The first-order valence-electron chi connectivity index (χ1n) is 5.67. The first-order chi connectivity index (χ1) is 6.32. The van der Waals surface area contributed by atoms with Crippen LogP contribution in [0, 0.1) is 22.7 Å². The van der Waals surface area contributed by atoms with Crippen molar-refractivity contribution in [2.24, 2.45) is 22.7 Å². The Balaban J connectivity index is 2.49. The van der Waals surface area contributed by atoms with Crippen molar-refractivity contribution in [3.63, 3.8) is 0 Å². The van der Waals surface area contributed by atoms with E-state index in [1.165, 1.54) is 24.0 Å². The summed E-state index contributed by atoms with van der Waals surface area (Å²) in [6.07, 6.45) is 2.69. The Labute approximate surface area is 88.1 Å². The lowest BCUT2D eigenvalue weighted by Crippen LogP contribution is -2.27. The van der Waals surface area contributed by atoms with Crippen LogP contribution < -0.4 is 0 Å². The molecule has 2 rings (SSSR count). The SMILES string of the molecule is C=C(C)C1C(=C)C2(C)CCC1C2(C)C. The summed E-state index contributed by atoms with van der Waals surface area (Å²) >= 11 is 0. The van der Waals surface area contributed by atoms with E-state index in [0.29, 0.717) is 16.7 Å². The second kappa shape index (κ2) is 2.53. The quantitative estimate of drug-likeness (QED) is 0.544. The van der Waals surface area contributed by atoms with E-state index in [1.807, 2.05) is 0 Å². The topological polar surface area (TPSA) is 0 Å².